The number of rotatable bonds is 1. The number of likely N-dealkylation sites (tertiary alicyclic amines) is 1. The van der Waals surface area contributed by atoms with Crippen LogP contribution in [0.15, 0.2) is 34.7 Å². The Hall–Kier alpha value is -1.32. The SMILES string of the molecule is CC1CC(O)(c2cc3ccccc3o2)CN1C. The average Bonchev–Trinajstić information content (AvgIpc) is 2.82. The number of β-amino-alcohol motifs (C(OH)–C–C–N with tert-alkyl or cyclic N) is 1. The van der Waals surface area contributed by atoms with E-state index in [1.165, 1.54) is 0 Å². The van der Waals surface area contributed by atoms with Gasteiger partial charge in [0.05, 0.1) is 0 Å². The number of furan rings is 1. The van der Waals surface area contributed by atoms with E-state index >= 15 is 0 Å². The molecule has 17 heavy (non-hydrogen) atoms. The smallest absolute Gasteiger partial charge is 0.138 e. The van der Waals surface area contributed by atoms with E-state index in [1.54, 1.807) is 0 Å². The highest BCUT2D eigenvalue weighted by molar-refractivity contribution is 5.77. The summed E-state index contributed by atoms with van der Waals surface area (Å²) in [4.78, 5) is 2.16. The van der Waals surface area contributed by atoms with Crippen molar-refractivity contribution in [2.24, 2.45) is 0 Å². The lowest BCUT2D eigenvalue weighted by Gasteiger charge is -2.19. The number of hydrogen-bond donors (Lipinski definition) is 1. The first-order valence-corrected chi connectivity index (χ1v) is 6.00. The minimum absolute atomic E-state index is 0.383. The second kappa shape index (κ2) is 3.59. The molecule has 0 radical (unpaired) electrons. The maximum absolute atomic E-state index is 10.7. The van der Waals surface area contributed by atoms with Crippen LogP contribution in [0.5, 0.6) is 0 Å². The summed E-state index contributed by atoms with van der Waals surface area (Å²) in [5.41, 5.74) is 0.00540. The van der Waals surface area contributed by atoms with E-state index in [0.717, 1.165) is 17.4 Å². The summed E-state index contributed by atoms with van der Waals surface area (Å²) in [6.45, 7) is 2.76. The van der Waals surface area contributed by atoms with Gasteiger partial charge in [-0.1, -0.05) is 18.2 Å². The topological polar surface area (TPSA) is 36.6 Å². The van der Waals surface area contributed by atoms with E-state index in [9.17, 15) is 5.11 Å². The van der Waals surface area contributed by atoms with Crippen LogP contribution in [0.2, 0.25) is 0 Å². The summed E-state index contributed by atoms with van der Waals surface area (Å²) in [6.07, 6.45) is 0.726. The summed E-state index contributed by atoms with van der Waals surface area (Å²) in [7, 11) is 2.03. The third kappa shape index (κ3) is 1.66. The van der Waals surface area contributed by atoms with Crippen LogP contribution < -0.4 is 0 Å². The predicted molar refractivity (Wildman–Crippen MR) is 66.8 cm³/mol. The predicted octanol–water partition coefficient (Wildman–Crippen LogP) is 2.34. The van der Waals surface area contributed by atoms with Crippen molar-refractivity contribution in [3.63, 3.8) is 0 Å². The van der Waals surface area contributed by atoms with Crippen LogP contribution in [0.25, 0.3) is 11.0 Å². The van der Waals surface area contributed by atoms with Gasteiger partial charge in [0, 0.05) is 18.0 Å². The van der Waals surface area contributed by atoms with Gasteiger partial charge in [0.1, 0.15) is 16.9 Å². The van der Waals surface area contributed by atoms with Crippen LogP contribution in [0.3, 0.4) is 0 Å². The first kappa shape index (κ1) is 10.8. The van der Waals surface area contributed by atoms with E-state index in [1.807, 2.05) is 37.4 Å². The van der Waals surface area contributed by atoms with Crippen molar-refractivity contribution in [1.82, 2.24) is 4.90 Å². The molecule has 1 aromatic carbocycles. The molecular formula is C14H17NO2. The Bertz CT molecular complexity index is 503. The number of hydrogen-bond acceptors (Lipinski definition) is 3. The highest BCUT2D eigenvalue weighted by Gasteiger charge is 2.42. The molecule has 0 spiro atoms. The second-order valence-electron chi connectivity index (χ2n) is 5.15. The normalized spacial score (nSPS) is 30.2. The van der Waals surface area contributed by atoms with Crippen LogP contribution in [0.4, 0.5) is 0 Å². The first-order valence-electron chi connectivity index (χ1n) is 6.00. The molecular weight excluding hydrogens is 214 g/mol. The van der Waals surface area contributed by atoms with Gasteiger partial charge >= 0.3 is 0 Å². The Kier molecular flexibility index (Phi) is 2.28. The minimum Gasteiger partial charge on any atom is -0.458 e. The molecule has 2 heterocycles. The van der Waals surface area contributed by atoms with Gasteiger partial charge in [-0.3, -0.25) is 0 Å². The lowest BCUT2D eigenvalue weighted by atomic mass is 9.97. The van der Waals surface area contributed by atoms with Crippen LogP contribution in [0.1, 0.15) is 19.1 Å². The third-order valence-electron chi connectivity index (χ3n) is 3.78. The number of likely N-dealkylation sites (N-methyl/N-ethyl adjacent to an activating group) is 1. The molecule has 1 saturated heterocycles. The molecule has 0 bridgehead atoms. The monoisotopic (exact) mass is 231 g/mol. The largest absolute Gasteiger partial charge is 0.458 e. The zero-order valence-electron chi connectivity index (χ0n) is 10.2. The van der Waals surface area contributed by atoms with Gasteiger partial charge in [-0.2, -0.15) is 0 Å². The van der Waals surface area contributed by atoms with E-state index in [2.05, 4.69) is 11.8 Å². The summed E-state index contributed by atoms with van der Waals surface area (Å²) in [5, 5.41) is 11.7. The van der Waals surface area contributed by atoms with Gasteiger partial charge in [-0.25, -0.2) is 0 Å². The maximum Gasteiger partial charge on any atom is 0.138 e. The molecule has 1 aliphatic rings. The van der Waals surface area contributed by atoms with Crippen molar-refractivity contribution in [3.8, 4) is 0 Å². The summed E-state index contributed by atoms with van der Waals surface area (Å²) in [6, 6.07) is 10.2. The Morgan fingerprint density at radius 1 is 1.41 bits per heavy atom. The lowest BCUT2D eigenvalue weighted by molar-refractivity contribution is 0.0278. The standard InChI is InChI=1S/C14H17NO2/c1-10-8-14(16,9-15(10)2)13-7-11-5-3-4-6-12(11)17-13/h3-7,10,16H,8-9H2,1-2H3. The fraction of sp³-hybridized carbons (Fsp3) is 0.429. The van der Waals surface area contributed by atoms with Gasteiger partial charge in [0.25, 0.3) is 0 Å². The lowest BCUT2D eigenvalue weighted by Crippen LogP contribution is -2.28. The van der Waals surface area contributed by atoms with Crippen molar-refractivity contribution in [2.45, 2.75) is 25.0 Å². The summed E-state index contributed by atoms with van der Waals surface area (Å²) < 4.78 is 5.77. The average molecular weight is 231 g/mol. The number of aliphatic hydroxyl groups is 1. The zero-order valence-corrected chi connectivity index (χ0v) is 10.2. The highest BCUT2D eigenvalue weighted by atomic mass is 16.4. The molecule has 0 aliphatic carbocycles. The van der Waals surface area contributed by atoms with Crippen LogP contribution in [0, 0.1) is 0 Å². The molecule has 1 fully saturated rings. The fourth-order valence-corrected chi connectivity index (χ4v) is 2.67. The van der Waals surface area contributed by atoms with Gasteiger partial charge in [-0.05, 0) is 32.5 Å². The van der Waals surface area contributed by atoms with E-state index in [0.29, 0.717) is 18.3 Å². The van der Waals surface area contributed by atoms with Crippen LogP contribution in [-0.4, -0.2) is 29.6 Å². The van der Waals surface area contributed by atoms with Crippen molar-refractivity contribution in [1.29, 1.82) is 0 Å². The molecule has 2 atom stereocenters. The quantitative estimate of drug-likeness (QED) is 0.818. The van der Waals surface area contributed by atoms with E-state index < -0.39 is 5.60 Å². The van der Waals surface area contributed by atoms with Crippen molar-refractivity contribution < 1.29 is 9.52 Å². The van der Waals surface area contributed by atoms with Gasteiger partial charge < -0.3 is 14.4 Å². The molecule has 1 N–H and O–H groups in total. The van der Waals surface area contributed by atoms with E-state index in [4.69, 9.17) is 4.42 Å². The molecule has 3 nitrogen and oxygen atoms in total. The highest BCUT2D eigenvalue weighted by Crippen LogP contribution is 2.37. The van der Waals surface area contributed by atoms with E-state index in [-0.39, 0.29) is 0 Å². The van der Waals surface area contributed by atoms with Crippen molar-refractivity contribution in [3.05, 3.63) is 36.1 Å². The van der Waals surface area contributed by atoms with Crippen molar-refractivity contribution in [2.75, 3.05) is 13.6 Å². The number of para-hydroxylation sites is 1. The maximum atomic E-state index is 10.7. The molecule has 3 heteroatoms. The Morgan fingerprint density at radius 2 is 2.18 bits per heavy atom. The Morgan fingerprint density at radius 3 is 2.82 bits per heavy atom. The molecule has 90 valence electrons. The number of benzene rings is 1. The van der Waals surface area contributed by atoms with Gasteiger partial charge in [-0.15, -0.1) is 0 Å². The second-order valence-corrected chi connectivity index (χ2v) is 5.15. The molecule has 0 amide bonds. The Balaban J connectivity index is 2.04. The zero-order chi connectivity index (χ0) is 12.0. The molecule has 3 rings (SSSR count). The molecule has 2 unspecified atom stereocenters. The molecule has 1 aromatic heterocycles. The fourth-order valence-electron chi connectivity index (χ4n) is 2.67. The summed E-state index contributed by atoms with van der Waals surface area (Å²) in [5.74, 6) is 0.690. The third-order valence-corrected chi connectivity index (χ3v) is 3.78. The Labute approximate surface area is 101 Å². The molecule has 0 saturated carbocycles. The summed E-state index contributed by atoms with van der Waals surface area (Å²) >= 11 is 0. The minimum atomic E-state index is -0.840. The van der Waals surface area contributed by atoms with Crippen molar-refractivity contribution >= 4 is 11.0 Å². The first-order chi connectivity index (χ1) is 8.08. The number of nitrogens with zero attached hydrogens (tertiary/aromatic N) is 1. The van der Waals surface area contributed by atoms with Crippen LogP contribution in [-0.2, 0) is 5.60 Å². The van der Waals surface area contributed by atoms with Gasteiger partial charge in [0.15, 0.2) is 0 Å². The molecule has 1 aliphatic heterocycles. The number of fused-ring (bicyclic) bond motifs is 1. The van der Waals surface area contributed by atoms with Crippen LogP contribution >= 0.6 is 0 Å². The van der Waals surface area contributed by atoms with Gasteiger partial charge in [0.2, 0.25) is 0 Å². The molecule has 2 aromatic rings.